The number of nitrogens with zero attached hydrogens (tertiary/aromatic N) is 2. The second kappa shape index (κ2) is 9.34. The lowest BCUT2D eigenvalue weighted by Gasteiger charge is -2.26. The highest BCUT2D eigenvalue weighted by atomic mass is 32.2. The Morgan fingerprint density at radius 1 is 0.964 bits per heavy atom. The zero-order valence-corrected chi connectivity index (χ0v) is 17.2. The molecule has 150 valence electrons. The maximum absolute atomic E-state index is 13.1. The molecule has 1 amide bonds. The monoisotopic (exact) mass is 400 g/mol. The second-order valence-electron chi connectivity index (χ2n) is 7.14. The molecule has 3 rings (SSSR count). The van der Waals surface area contributed by atoms with Gasteiger partial charge in [-0.3, -0.25) is 4.79 Å². The summed E-state index contributed by atoms with van der Waals surface area (Å²) in [5, 5.41) is 0. The number of piperidine rings is 1. The molecule has 0 radical (unpaired) electrons. The Morgan fingerprint density at radius 3 is 2.21 bits per heavy atom. The summed E-state index contributed by atoms with van der Waals surface area (Å²) in [5.41, 5.74) is 1.35. The van der Waals surface area contributed by atoms with Crippen molar-refractivity contribution in [2.45, 2.75) is 43.9 Å². The molecule has 1 aliphatic heterocycles. The van der Waals surface area contributed by atoms with Crippen LogP contribution in [0.1, 0.15) is 49.4 Å². The van der Waals surface area contributed by atoms with Gasteiger partial charge in [-0.1, -0.05) is 38.0 Å². The van der Waals surface area contributed by atoms with Crippen LogP contribution in [0.4, 0.5) is 5.69 Å². The smallest absolute Gasteiger partial charge is 0.258 e. The van der Waals surface area contributed by atoms with Gasteiger partial charge < -0.3 is 4.90 Å². The number of hydrogen-bond acceptors (Lipinski definition) is 3. The van der Waals surface area contributed by atoms with E-state index in [1.165, 1.54) is 0 Å². The van der Waals surface area contributed by atoms with Gasteiger partial charge in [-0.2, -0.15) is 4.31 Å². The number of amides is 1. The molecule has 5 nitrogen and oxygen atoms in total. The van der Waals surface area contributed by atoms with E-state index in [9.17, 15) is 13.2 Å². The molecule has 2 aromatic rings. The molecule has 2 aromatic carbocycles. The van der Waals surface area contributed by atoms with E-state index in [2.05, 4.69) is 6.92 Å². The zero-order valence-electron chi connectivity index (χ0n) is 16.4. The molecule has 1 fully saturated rings. The number of para-hydroxylation sites is 1. The third-order valence-corrected chi connectivity index (χ3v) is 7.02. The average molecular weight is 401 g/mol. The van der Waals surface area contributed by atoms with E-state index in [-0.39, 0.29) is 10.8 Å². The molecular formula is C22H28N2O3S. The predicted octanol–water partition coefficient (Wildman–Crippen LogP) is 4.31. The average Bonchev–Trinajstić information content (AvgIpc) is 2.75. The summed E-state index contributed by atoms with van der Waals surface area (Å²) in [6.07, 6.45) is 4.77. The standard InChI is InChI=1S/C22H28N2O3S/c1-2-3-18-24(20-10-6-4-7-11-20)22(25)19-12-14-21(15-13-19)28(26,27)23-16-8-5-9-17-23/h4,6-7,10-15H,2-3,5,8-9,16-18H2,1H3. The highest BCUT2D eigenvalue weighted by Gasteiger charge is 2.26. The van der Waals surface area contributed by atoms with E-state index in [1.54, 1.807) is 33.5 Å². The van der Waals surface area contributed by atoms with E-state index in [0.717, 1.165) is 37.8 Å². The Kier molecular flexibility index (Phi) is 6.86. The molecule has 0 aromatic heterocycles. The maximum Gasteiger partial charge on any atom is 0.258 e. The van der Waals surface area contributed by atoms with Crippen molar-refractivity contribution in [3.05, 3.63) is 60.2 Å². The minimum Gasteiger partial charge on any atom is -0.308 e. The topological polar surface area (TPSA) is 57.7 Å². The minimum atomic E-state index is -3.48. The lowest BCUT2D eigenvalue weighted by molar-refractivity contribution is 0.0986. The second-order valence-corrected chi connectivity index (χ2v) is 9.07. The number of unbranched alkanes of at least 4 members (excludes halogenated alkanes) is 1. The number of rotatable bonds is 7. The summed E-state index contributed by atoms with van der Waals surface area (Å²) in [6, 6.07) is 16.0. The van der Waals surface area contributed by atoms with Crippen LogP contribution in [-0.2, 0) is 10.0 Å². The largest absolute Gasteiger partial charge is 0.308 e. The van der Waals surface area contributed by atoms with Gasteiger partial charge in [0.05, 0.1) is 4.90 Å². The van der Waals surface area contributed by atoms with Crippen molar-refractivity contribution in [1.82, 2.24) is 4.31 Å². The molecule has 0 saturated carbocycles. The lowest BCUT2D eigenvalue weighted by atomic mass is 10.1. The summed E-state index contributed by atoms with van der Waals surface area (Å²) in [5.74, 6) is -0.110. The van der Waals surface area contributed by atoms with Crippen molar-refractivity contribution in [3.8, 4) is 0 Å². The van der Waals surface area contributed by atoms with Gasteiger partial charge in [0, 0.05) is 30.9 Å². The molecule has 0 N–H and O–H groups in total. The van der Waals surface area contributed by atoms with Crippen molar-refractivity contribution >= 4 is 21.6 Å². The van der Waals surface area contributed by atoms with Gasteiger partial charge >= 0.3 is 0 Å². The van der Waals surface area contributed by atoms with Crippen molar-refractivity contribution in [2.24, 2.45) is 0 Å². The quantitative estimate of drug-likeness (QED) is 0.696. The van der Waals surface area contributed by atoms with Gasteiger partial charge in [0.25, 0.3) is 5.91 Å². The number of carbonyl (C=O) groups is 1. The Hall–Kier alpha value is -2.18. The predicted molar refractivity (Wildman–Crippen MR) is 112 cm³/mol. The Labute approximate surface area is 168 Å². The normalized spacial score (nSPS) is 15.3. The number of hydrogen-bond donors (Lipinski definition) is 0. The van der Waals surface area contributed by atoms with Gasteiger partial charge in [0.1, 0.15) is 0 Å². The van der Waals surface area contributed by atoms with Crippen LogP contribution in [0.5, 0.6) is 0 Å². The highest BCUT2D eigenvalue weighted by Crippen LogP contribution is 2.22. The molecule has 0 atom stereocenters. The fourth-order valence-electron chi connectivity index (χ4n) is 3.45. The van der Waals surface area contributed by atoms with Crippen LogP contribution in [0, 0.1) is 0 Å². The van der Waals surface area contributed by atoms with Gasteiger partial charge in [0.2, 0.25) is 10.0 Å². The van der Waals surface area contributed by atoms with Crippen LogP contribution >= 0.6 is 0 Å². The van der Waals surface area contributed by atoms with Gasteiger partial charge in [-0.15, -0.1) is 0 Å². The van der Waals surface area contributed by atoms with Crippen molar-refractivity contribution in [3.63, 3.8) is 0 Å². The van der Waals surface area contributed by atoms with Crippen molar-refractivity contribution < 1.29 is 13.2 Å². The van der Waals surface area contributed by atoms with Gasteiger partial charge in [-0.05, 0) is 55.7 Å². The lowest BCUT2D eigenvalue weighted by Crippen LogP contribution is -2.35. The molecule has 1 saturated heterocycles. The molecule has 0 unspecified atom stereocenters. The van der Waals surface area contributed by atoms with Crippen LogP contribution in [0.3, 0.4) is 0 Å². The zero-order chi connectivity index (χ0) is 20.0. The fraction of sp³-hybridized carbons (Fsp3) is 0.409. The van der Waals surface area contributed by atoms with Crippen molar-refractivity contribution in [2.75, 3.05) is 24.5 Å². The Balaban J connectivity index is 1.81. The summed E-state index contributed by atoms with van der Waals surface area (Å²) in [4.78, 5) is 15.1. The number of carbonyl (C=O) groups excluding carboxylic acids is 1. The number of sulfonamides is 1. The van der Waals surface area contributed by atoms with E-state index in [1.807, 2.05) is 30.3 Å². The summed E-state index contributed by atoms with van der Waals surface area (Å²) in [7, 11) is -3.48. The fourth-order valence-corrected chi connectivity index (χ4v) is 4.97. The van der Waals surface area contributed by atoms with Crippen LogP contribution < -0.4 is 4.90 Å². The molecular weight excluding hydrogens is 372 g/mol. The van der Waals surface area contributed by atoms with Crippen molar-refractivity contribution in [1.29, 1.82) is 0 Å². The molecule has 0 aliphatic carbocycles. The SMILES string of the molecule is CCCCN(C(=O)c1ccc(S(=O)(=O)N2CCCCC2)cc1)c1ccccc1. The first-order chi connectivity index (χ1) is 13.5. The van der Waals surface area contributed by atoms with E-state index in [0.29, 0.717) is 25.2 Å². The molecule has 0 bridgehead atoms. The van der Waals surface area contributed by atoms with E-state index in [4.69, 9.17) is 0 Å². The molecule has 1 aliphatic rings. The molecule has 6 heteroatoms. The van der Waals surface area contributed by atoms with E-state index >= 15 is 0 Å². The third kappa shape index (κ3) is 4.62. The third-order valence-electron chi connectivity index (χ3n) is 5.10. The van der Waals surface area contributed by atoms with Crippen LogP contribution in [0.15, 0.2) is 59.5 Å². The summed E-state index contributed by atoms with van der Waals surface area (Å²) in [6.45, 7) is 3.87. The van der Waals surface area contributed by atoms with Crippen LogP contribution in [0.25, 0.3) is 0 Å². The molecule has 1 heterocycles. The number of anilines is 1. The summed E-state index contributed by atoms with van der Waals surface area (Å²) >= 11 is 0. The van der Waals surface area contributed by atoms with Crippen LogP contribution in [0.2, 0.25) is 0 Å². The Bertz CT molecular complexity index is 874. The first-order valence-corrected chi connectivity index (χ1v) is 11.4. The maximum atomic E-state index is 13.1. The van der Waals surface area contributed by atoms with Crippen LogP contribution in [-0.4, -0.2) is 38.3 Å². The first-order valence-electron chi connectivity index (χ1n) is 10.0. The minimum absolute atomic E-state index is 0.110. The first kappa shape index (κ1) is 20.6. The van der Waals surface area contributed by atoms with E-state index < -0.39 is 10.0 Å². The summed E-state index contributed by atoms with van der Waals surface area (Å²) < 4.78 is 27.1. The van der Waals surface area contributed by atoms with Gasteiger partial charge in [-0.25, -0.2) is 8.42 Å². The number of benzene rings is 2. The molecule has 0 spiro atoms. The Morgan fingerprint density at radius 2 is 1.61 bits per heavy atom. The molecule has 28 heavy (non-hydrogen) atoms. The van der Waals surface area contributed by atoms with Gasteiger partial charge in [0.15, 0.2) is 0 Å². The highest BCUT2D eigenvalue weighted by molar-refractivity contribution is 7.89.